The minimum Gasteiger partial charge on any atom is -0.355 e. The van der Waals surface area contributed by atoms with Gasteiger partial charge in [-0.2, -0.15) is 18.4 Å². The van der Waals surface area contributed by atoms with Gasteiger partial charge in [0.05, 0.1) is 23.1 Å². The molecule has 7 nitrogen and oxygen atoms in total. The minimum atomic E-state index is -4.76. The Morgan fingerprint density at radius 3 is 2.49 bits per heavy atom. The number of likely N-dealkylation sites (N-methyl/N-ethyl adjacent to an activating group) is 1. The standard InChI is InChI=1S/C23H19F4N5O2S/c1-29-19(33)15-6-3-13(5-8-17(15)24)32-21(35)31(20(34)22(32)9-2-10-22)14-4-7-16(23(25,26)27)18(11-28)30-12-14/h3-6,12H,2,7-10H2,1H3,(H,29,33). The van der Waals surface area contributed by atoms with Gasteiger partial charge in [-0.1, -0.05) is 12.2 Å². The third-order valence-corrected chi connectivity index (χ3v) is 6.72. The second-order valence-corrected chi connectivity index (χ2v) is 8.60. The second-order valence-electron chi connectivity index (χ2n) is 8.24. The van der Waals surface area contributed by atoms with Crippen LogP contribution in [0.2, 0.25) is 0 Å². The molecule has 0 unspecified atom stereocenters. The van der Waals surface area contributed by atoms with E-state index in [2.05, 4.69) is 10.3 Å². The van der Waals surface area contributed by atoms with E-state index in [0.717, 1.165) is 17.5 Å². The largest absolute Gasteiger partial charge is 0.415 e. The number of nitriles is 1. The van der Waals surface area contributed by atoms with Crippen LogP contribution in [0.4, 0.5) is 17.6 Å². The summed E-state index contributed by atoms with van der Waals surface area (Å²) in [4.78, 5) is 31.9. The monoisotopic (exact) mass is 505 g/mol. The lowest BCUT2D eigenvalue weighted by Crippen LogP contribution is -2.54. The number of halogens is 4. The summed E-state index contributed by atoms with van der Waals surface area (Å²) in [6, 6.07) is 1.45. The molecule has 0 atom stereocenters. The van der Waals surface area contributed by atoms with Gasteiger partial charge < -0.3 is 10.2 Å². The molecule has 0 aromatic carbocycles. The molecule has 2 aliphatic carbocycles. The molecule has 4 rings (SSSR count). The van der Waals surface area contributed by atoms with E-state index in [4.69, 9.17) is 17.5 Å². The fraction of sp³-hybridized carbons (Fsp3) is 0.348. The predicted molar refractivity (Wildman–Crippen MR) is 122 cm³/mol. The molecule has 35 heavy (non-hydrogen) atoms. The minimum absolute atomic E-state index is 0.000988. The molecule has 2 amide bonds. The topological polar surface area (TPSA) is 88.8 Å². The number of amides is 2. The number of hydrogen-bond donors (Lipinski definition) is 1. The number of thiocarbonyl (C=S) groups is 1. The van der Waals surface area contributed by atoms with E-state index in [1.54, 1.807) is 4.90 Å². The number of allylic oxidation sites excluding steroid dienone is 7. The molecule has 12 heteroatoms. The van der Waals surface area contributed by atoms with Crippen molar-refractivity contribution < 1.29 is 27.2 Å². The van der Waals surface area contributed by atoms with Crippen molar-refractivity contribution in [2.24, 2.45) is 4.99 Å². The summed E-state index contributed by atoms with van der Waals surface area (Å²) in [7, 11) is 1.38. The molecule has 0 aromatic heterocycles. The van der Waals surface area contributed by atoms with Gasteiger partial charge >= 0.3 is 6.18 Å². The molecule has 2 fully saturated rings. The number of hydrogen-bond acceptors (Lipinski definition) is 5. The number of nitrogens with one attached hydrogen (secondary N) is 1. The number of carbonyl (C=O) groups is 2. The first kappa shape index (κ1) is 24.5. The normalized spacial score (nSPS) is 22.1. The molecule has 0 aromatic rings. The molecule has 0 bridgehead atoms. The first-order chi connectivity index (χ1) is 16.5. The first-order valence-electron chi connectivity index (χ1n) is 10.7. The van der Waals surface area contributed by atoms with Crippen LogP contribution < -0.4 is 5.32 Å². The lowest BCUT2D eigenvalue weighted by atomic mass is 9.75. The van der Waals surface area contributed by atoms with Gasteiger partial charge in [-0.25, -0.2) is 9.38 Å². The zero-order valence-corrected chi connectivity index (χ0v) is 19.3. The summed E-state index contributed by atoms with van der Waals surface area (Å²) < 4.78 is 54.7. The van der Waals surface area contributed by atoms with Crippen LogP contribution in [0.25, 0.3) is 0 Å². The van der Waals surface area contributed by atoms with Crippen LogP contribution in [0.15, 0.2) is 63.4 Å². The maximum absolute atomic E-state index is 14.5. The van der Waals surface area contributed by atoms with E-state index in [9.17, 15) is 27.2 Å². The molecular weight excluding hydrogens is 486 g/mol. The third-order valence-electron chi connectivity index (χ3n) is 6.36. The highest BCUT2D eigenvalue weighted by molar-refractivity contribution is 7.80. The lowest BCUT2D eigenvalue weighted by Gasteiger charge is -2.43. The van der Waals surface area contributed by atoms with Gasteiger partial charge in [0, 0.05) is 25.6 Å². The van der Waals surface area contributed by atoms with Crippen LogP contribution in [-0.4, -0.2) is 51.7 Å². The summed E-state index contributed by atoms with van der Waals surface area (Å²) in [5.74, 6) is -1.69. The number of nitrogens with zero attached hydrogens (tertiary/aromatic N) is 4. The summed E-state index contributed by atoms with van der Waals surface area (Å²) in [5, 5.41) is 11.5. The van der Waals surface area contributed by atoms with Crippen molar-refractivity contribution in [2.45, 2.75) is 43.8 Å². The van der Waals surface area contributed by atoms with Crippen molar-refractivity contribution in [3.05, 3.63) is 58.4 Å². The second kappa shape index (κ2) is 8.88. The van der Waals surface area contributed by atoms with Crippen molar-refractivity contribution in [1.82, 2.24) is 15.1 Å². The molecule has 4 aliphatic rings. The highest BCUT2D eigenvalue weighted by atomic mass is 32.1. The van der Waals surface area contributed by atoms with Crippen LogP contribution in [0.1, 0.15) is 32.1 Å². The molecule has 1 saturated carbocycles. The molecule has 1 spiro atoms. The Morgan fingerprint density at radius 2 is 1.91 bits per heavy atom. The van der Waals surface area contributed by atoms with E-state index in [1.165, 1.54) is 37.4 Å². The maximum Gasteiger partial charge on any atom is 0.415 e. The number of aliphatic imine (C=N–C) groups is 1. The number of rotatable bonds is 3. The lowest BCUT2D eigenvalue weighted by molar-refractivity contribution is -0.135. The van der Waals surface area contributed by atoms with Crippen LogP contribution in [-0.2, 0) is 9.59 Å². The van der Waals surface area contributed by atoms with E-state index < -0.39 is 47.0 Å². The van der Waals surface area contributed by atoms with E-state index in [0.29, 0.717) is 18.5 Å². The van der Waals surface area contributed by atoms with Gasteiger partial charge in [-0.3, -0.25) is 14.5 Å². The Morgan fingerprint density at radius 1 is 1.23 bits per heavy atom. The maximum atomic E-state index is 14.5. The average Bonchev–Trinajstić information content (AvgIpc) is 2.97. The highest BCUT2D eigenvalue weighted by Gasteiger charge is 2.60. The van der Waals surface area contributed by atoms with Crippen LogP contribution >= 0.6 is 12.2 Å². The first-order valence-corrected chi connectivity index (χ1v) is 11.1. The highest BCUT2D eigenvalue weighted by Crippen LogP contribution is 2.48. The molecular formula is C23H19F4N5O2S. The van der Waals surface area contributed by atoms with Gasteiger partial charge in [-0.05, 0) is 43.6 Å². The van der Waals surface area contributed by atoms with Gasteiger partial charge in [-0.15, -0.1) is 0 Å². The number of carbonyl (C=O) groups excluding carboxylic acids is 2. The Hall–Kier alpha value is -3.59. The summed E-state index contributed by atoms with van der Waals surface area (Å²) in [6.07, 6.45) is 2.47. The smallest absolute Gasteiger partial charge is 0.355 e. The zero-order valence-electron chi connectivity index (χ0n) is 18.4. The SMILES string of the molecule is CNC(=O)C1=C(F)CC=C(N2C(=S)N(C3=CCC(C(F)(F)F)=C(C#N)N=C3)C(=O)C23CCC3)C=C1. The molecule has 182 valence electrons. The van der Waals surface area contributed by atoms with Crippen molar-refractivity contribution in [3.63, 3.8) is 0 Å². The third kappa shape index (κ3) is 3.99. The van der Waals surface area contributed by atoms with Gasteiger partial charge in [0.2, 0.25) is 0 Å². The van der Waals surface area contributed by atoms with Crippen LogP contribution in [0.5, 0.6) is 0 Å². The number of alkyl halides is 3. The fourth-order valence-electron chi connectivity index (χ4n) is 4.40. The van der Waals surface area contributed by atoms with Gasteiger partial charge in [0.1, 0.15) is 23.1 Å². The van der Waals surface area contributed by atoms with E-state index >= 15 is 0 Å². The van der Waals surface area contributed by atoms with E-state index in [-0.39, 0.29) is 22.8 Å². The van der Waals surface area contributed by atoms with E-state index in [1.807, 2.05) is 0 Å². The van der Waals surface area contributed by atoms with Crippen molar-refractivity contribution in [1.29, 1.82) is 5.26 Å². The average molecular weight is 505 g/mol. The molecule has 0 radical (unpaired) electrons. The van der Waals surface area contributed by atoms with Crippen molar-refractivity contribution in [3.8, 4) is 6.07 Å². The van der Waals surface area contributed by atoms with Crippen molar-refractivity contribution in [2.75, 3.05) is 7.05 Å². The molecule has 1 N–H and O–H groups in total. The van der Waals surface area contributed by atoms with Gasteiger partial charge in [0.25, 0.3) is 11.8 Å². The zero-order chi connectivity index (χ0) is 25.5. The summed E-state index contributed by atoms with van der Waals surface area (Å²) >= 11 is 5.60. The predicted octanol–water partition coefficient (Wildman–Crippen LogP) is 3.85. The summed E-state index contributed by atoms with van der Waals surface area (Å²) in [5.41, 5.74) is -2.69. The fourth-order valence-corrected chi connectivity index (χ4v) is 4.87. The Balaban J connectivity index is 1.70. The quantitative estimate of drug-likeness (QED) is 0.465. The molecule has 2 aliphatic heterocycles. The van der Waals surface area contributed by atoms with Crippen molar-refractivity contribution >= 4 is 35.4 Å². The van der Waals surface area contributed by atoms with Crippen LogP contribution in [0.3, 0.4) is 0 Å². The Labute approximate surface area is 203 Å². The molecule has 2 heterocycles. The van der Waals surface area contributed by atoms with Gasteiger partial charge in [0.15, 0.2) is 5.11 Å². The molecule has 1 saturated heterocycles. The summed E-state index contributed by atoms with van der Waals surface area (Å²) in [6.45, 7) is 0. The Bertz CT molecular complexity index is 1250. The van der Waals surface area contributed by atoms with Crippen LogP contribution in [0, 0.1) is 11.3 Å². The Kier molecular flexibility index (Phi) is 6.23.